The zero-order chi connectivity index (χ0) is 14.4. The number of hydrogen-bond acceptors (Lipinski definition) is 3. The third kappa shape index (κ3) is 5.19. The maximum absolute atomic E-state index is 12.2. The molecule has 2 amide bonds. The van der Waals surface area contributed by atoms with E-state index in [9.17, 15) is 9.59 Å². The van der Waals surface area contributed by atoms with Crippen molar-refractivity contribution in [3.63, 3.8) is 0 Å². The normalized spacial score (nSPS) is 21.0. The van der Waals surface area contributed by atoms with Crippen LogP contribution in [0, 0.1) is 11.8 Å². The van der Waals surface area contributed by atoms with Crippen LogP contribution in [0.3, 0.4) is 0 Å². The Balaban J connectivity index is 2.60. The highest BCUT2D eigenvalue weighted by atomic mass is 16.2. The van der Waals surface area contributed by atoms with Gasteiger partial charge in [0.05, 0.1) is 5.92 Å². The van der Waals surface area contributed by atoms with Gasteiger partial charge in [0.2, 0.25) is 11.8 Å². The zero-order valence-electron chi connectivity index (χ0n) is 12.5. The lowest BCUT2D eigenvalue weighted by molar-refractivity contribution is -0.136. The Morgan fingerprint density at radius 2 is 2.05 bits per heavy atom. The van der Waals surface area contributed by atoms with Crippen molar-refractivity contribution in [2.75, 3.05) is 27.2 Å². The number of nitrogens with zero attached hydrogens (tertiary/aromatic N) is 1. The van der Waals surface area contributed by atoms with Crippen LogP contribution in [0.1, 0.15) is 33.1 Å². The highest BCUT2D eigenvalue weighted by molar-refractivity contribution is 5.88. The summed E-state index contributed by atoms with van der Waals surface area (Å²) in [5.74, 6) is 0.357. The molecular formula is C14H27N3O2. The quantitative estimate of drug-likeness (QED) is 0.768. The van der Waals surface area contributed by atoms with Crippen molar-refractivity contribution in [3.05, 3.63) is 0 Å². The van der Waals surface area contributed by atoms with Gasteiger partial charge in [-0.1, -0.05) is 13.8 Å². The number of piperidine rings is 1. The summed E-state index contributed by atoms with van der Waals surface area (Å²) in [7, 11) is 3.45. The third-order valence-electron chi connectivity index (χ3n) is 3.43. The van der Waals surface area contributed by atoms with Crippen LogP contribution in [0.2, 0.25) is 0 Å². The number of hydrogen-bond donors (Lipinski definition) is 2. The predicted octanol–water partition coefficient (Wildman–Crippen LogP) is 0.605. The molecule has 1 fully saturated rings. The Morgan fingerprint density at radius 3 is 2.53 bits per heavy atom. The topological polar surface area (TPSA) is 61.4 Å². The highest BCUT2D eigenvalue weighted by Gasteiger charge is 2.27. The second-order valence-corrected chi connectivity index (χ2v) is 5.97. The van der Waals surface area contributed by atoms with E-state index < -0.39 is 6.04 Å². The SMILES string of the molecule is CC(C)CC(NC(=O)[C@@H]1CCCNC1)C(=O)N(C)C. The second kappa shape index (κ2) is 7.48. The van der Waals surface area contributed by atoms with Crippen LogP contribution in [0.4, 0.5) is 0 Å². The fraction of sp³-hybridized carbons (Fsp3) is 0.857. The molecule has 1 aliphatic rings. The molecule has 0 aromatic rings. The van der Waals surface area contributed by atoms with Gasteiger partial charge in [0.15, 0.2) is 0 Å². The summed E-state index contributed by atoms with van der Waals surface area (Å²) in [6.07, 6.45) is 2.61. The fourth-order valence-electron chi connectivity index (χ4n) is 2.37. The van der Waals surface area contributed by atoms with Crippen molar-refractivity contribution >= 4 is 11.8 Å². The summed E-state index contributed by atoms with van der Waals surface area (Å²) < 4.78 is 0. The number of carbonyl (C=O) groups is 2. The molecule has 1 aliphatic heterocycles. The molecule has 1 saturated heterocycles. The van der Waals surface area contributed by atoms with Crippen molar-refractivity contribution in [1.82, 2.24) is 15.5 Å². The first kappa shape index (κ1) is 16.0. The minimum atomic E-state index is -0.399. The van der Waals surface area contributed by atoms with E-state index in [1.807, 2.05) is 0 Å². The average molecular weight is 269 g/mol. The van der Waals surface area contributed by atoms with E-state index in [0.29, 0.717) is 12.3 Å². The van der Waals surface area contributed by atoms with E-state index in [1.54, 1.807) is 19.0 Å². The average Bonchev–Trinajstić information content (AvgIpc) is 2.37. The molecule has 0 aromatic heterocycles. The zero-order valence-corrected chi connectivity index (χ0v) is 12.5. The molecule has 0 bridgehead atoms. The Morgan fingerprint density at radius 1 is 1.37 bits per heavy atom. The van der Waals surface area contributed by atoms with Crippen molar-refractivity contribution in [1.29, 1.82) is 0 Å². The van der Waals surface area contributed by atoms with Gasteiger partial charge in [-0.2, -0.15) is 0 Å². The molecule has 0 saturated carbocycles. The molecule has 0 spiro atoms. The summed E-state index contributed by atoms with van der Waals surface area (Å²) in [4.78, 5) is 25.8. The Bertz CT molecular complexity index is 310. The number of nitrogens with one attached hydrogen (secondary N) is 2. The molecule has 5 heteroatoms. The first-order valence-corrected chi connectivity index (χ1v) is 7.14. The van der Waals surface area contributed by atoms with Crippen LogP contribution in [0.15, 0.2) is 0 Å². The van der Waals surface area contributed by atoms with Crippen LogP contribution in [0.5, 0.6) is 0 Å². The maximum Gasteiger partial charge on any atom is 0.244 e. The summed E-state index contributed by atoms with van der Waals surface area (Å²) in [5, 5.41) is 6.15. The molecule has 2 N–H and O–H groups in total. The summed E-state index contributed by atoms with van der Waals surface area (Å²) in [5.41, 5.74) is 0. The minimum absolute atomic E-state index is 0.00151. The minimum Gasteiger partial charge on any atom is -0.347 e. The van der Waals surface area contributed by atoms with Gasteiger partial charge < -0.3 is 15.5 Å². The smallest absolute Gasteiger partial charge is 0.244 e. The summed E-state index contributed by atoms with van der Waals surface area (Å²) in [6.45, 7) is 5.82. The summed E-state index contributed by atoms with van der Waals surface area (Å²) in [6, 6.07) is -0.399. The number of carbonyl (C=O) groups excluding carboxylic acids is 2. The molecule has 1 rings (SSSR count). The first-order chi connectivity index (χ1) is 8.91. The molecule has 2 atom stereocenters. The van der Waals surface area contributed by atoms with Gasteiger partial charge in [0, 0.05) is 20.6 Å². The van der Waals surface area contributed by atoms with Crippen molar-refractivity contribution in [2.45, 2.75) is 39.2 Å². The van der Waals surface area contributed by atoms with Crippen molar-refractivity contribution < 1.29 is 9.59 Å². The molecule has 19 heavy (non-hydrogen) atoms. The van der Waals surface area contributed by atoms with Gasteiger partial charge in [-0.05, 0) is 31.7 Å². The molecule has 1 unspecified atom stereocenters. The largest absolute Gasteiger partial charge is 0.347 e. The molecule has 110 valence electrons. The molecule has 0 aromatic carbocycles. The highest BCUT2D eigenvalue weighted by Crippen LogP contribution is 2.12. The van der Waals surface area contributed by atoms with Gasteiger partial charge >= 0.3 is 0 Å². The van der Waals surface area contributed by atoms with E-state index in [1.165, 1.54) is 0 Å². The van der Waals surface area contributed by atoms with E-state index in [-0.39, 0.29) is 17.7 Å². The van der Waals surface area contributed by atoms with Crippen LogP contribution in [-0.4, -0.2) is 49.9 Å². The van der Waals surface area contributed by atoms with Crippen molar-refractivity contribution in [2.24, 2.45) is 11.8 Å². The van der Waals surface area contributed by atoms with Gasteiger partial charge in [-0.25, -0.2) is 0 Å². The third-order valence-corrected chi connectivity index (χ3v) is 3.43. The molecule has 0 radical (unpaired) electrons. The lowest BCUT2D eigenvalue weighted by atomic mass is 9.97. The maximum atomic E-state index is 12.2. The summed E-state index contributed by atoms with van der Waals surface area (Å²) >= 11 is 0. The van der Waals surface area contributed by atoms with E-state index in [0.717, 1.165) is 25.9 Å². The van der Waals surface area contributed by atoms with E-state index >= 15 is 0 Å². The molecule has 0 aliphatic carbocycles. The Labute approximate surface area is 116 Å². The molecular weight excluding hydrogens is 242 g/mol. The molecule has 1 heterocycles. The lowest BCUT2D eigenvalue weighted by Gasteiger charge is -2.27. The van der Waals surface area contributed by atoms with Crippen LogP contribution >= 0.6 is 0 Å². The number of amides is 2. The standard InChI is InChI=1S/C14H27N3O2/c1-10(2)8-12(14(19)17(3)4)16-13(18)11-6-5-7-15-9-11/h10-12,15H,5-9H2,1-4H3,(H,16,18)/t11-,12?/m1/s1. The predicted molar refractivity (Wildman–Crippen MR) is 75.7 cm³/mol. The van der Waals surface area contributed by atoms with Gasteiger partial charge in [-0.3, -0.25) is 9.59 Å². The fourth-order valence-corrected chi connectivity index (χ4v) is 2.37. The van der Waals surface area contributed by atoms with Crippen LogP contribution in [0.25, 0.3) is 0 Å². The molecule has 5 nitrogen and oxygen atoms in total. The number of rotatable bonds is 5. The monoisotopic (exact) mass is 269 g/mol. The van der Waals surface area contributed by atoms with Crippen LogP contribution in [-0.2, 0) is 9.59 Å². The Hall–Kier alpha value is -1.10. The van der Waals surface area contributed by atoms with Gasteiger partial charge in [-0.15, -0.1) is 0 Å². The first-order valence-electron chi connectivity index (χ1n) is 7.14. The van der Waals surface area contributed by atoms with Crippen LogP contribution < -0.4 is 10.6 Å². The second-order valence-electron chi connectivity index (χ2n) is 5.97. The van der Waals surface area contributed by atoms with Gasteiger partial charge in [0.25, 0.3) is 0 Å². The lowest BCUT2D eigenvalue weighted by Crippen LogP contribution is -2.50. The van der Waals surface area contributed by atoms with Crippen molar-refractivity contribution in [3.8, 4) is 0 Å². The van der Waals surface area contributed by atoms with Gasteiger partial charge in [0.1, 0.15) is 6.04 Å². The van der Waals surface area contributed by atoms with E-state index in [2.05, 4.69) is 24.5 Å². The van der Waals surface area contributed by atoms with E-state index in [4.69, 9.17) is 0 Å². The Kier molecular flexibility index (Phi) is 6.28. The number of likely N-dealkylation sites (N-methyl/N-ethyl adjacent to an activating group) is 1.